The maximum Gasteiger partial charge on any atom is 0.416 e. The molecule has 1 N–H and O–H groups in total. The van der Waals surface area contributed by atoms with E-state index in [1.165, 1.54) is 31.2 Å². The number of likely N-dealkylation sites (tertiary alicyclic amines) is 1. The lowest BCUT2D eigenvalue weighted by Gasteiger charge is -2.65. The largest absolute Gasteiger partial charge is 0.504 e. The molecule has 6 rings (SSSR count). The fourth-order valence-corrected chi connectivity index (χ4v) is 8.09. The van der Waals surface area contributed by atoms with Crippen LogP contribution >= 0.6 is 0 Å². The van der Waals surface area contributed by atoms with Crippen molar-refractivity contribution in [3.05, 3.63) is 77.4 Å². The van der Waals surface area contributed by atoms with E-state index >= 15 is 0 Å². The summed E-state index contributed by atoms with van der Waals surface area (Å²) in [5.41, 5.74) is -0.401. The number of hydrogen-bond donors (Lipinski definition) is 1. The van der Waals surface area contributed by atoms with Crippen molar-refractivity contribution in [1.82, 2.24) is 9.80 Å². The molecule has 0 radical (unpaired) electrons. The molecule has 1 spiro atoms. The Morgan fingerprint density at radius 2 is 2.05 bits per heavy atom. The lowest BCUT2D eigenvalue weighted by molar-refractivity contribution is -0.222. The van der Waals surface area contributed by atoms with Crippen LogP contribution in [-0.4, -0.2) is 70.7 Å². The highest BCUT2D eigenvalue weighted by atomic mass is 19.4. The molecule has 2 fully saturated rings. The summed E-state index contributed by atoms with van der Waals surface area (Å²) in [6.45, 7) is 6.64. The molecule has 1 amide bonds. The molecular formula is C32H33F3N2O5. The van der Waals surface area contributed by atoms with Gasteiger partial charge in [0, 0.05) is 38.7 Å². The molecule has 2 unspecified atom stereocenters. The van der Waals surface area contributed by atoms with Crippen LogP contribution in [0.15, 0.2) is 55.1 Å². The van der Waals surface area contributed by atoms with E-state index in [0.717, 1.165) is 23.3 Å². The van der Waals surface area contributed by atoms with Gasteiger partial charge in [0.25, 0.3) is 0 Å². The zero-order chi connectivity index (χ0) is 30.0. The van der Waals surface area contributed by atoms with E-state index in [0.29, 0.717) is 44.5 Å². The molecule has 2 aromatic carbocycles. The quantitative estimate of drug-likeness (QED) is 0.298. The zero-order valence-electron chi connectivity index (χ0n) is 23.5. The van der Waals surface area contributed by atoms with E-state index in [4.69, 9.17) is 9.47 Å². The molecule has 42 heavy (non-hydrogen) atoms. The number of phenolic OH excluding ortho intramolecular Hbond substituents is 1. The minimum atomic E-state index is -4.49. The molecule has 5 atom stereocenters. The first-order valence-corrected chi connectivity index (χ1v) is 14.1. The van der Waals surface area contributed by atoms with E-state index in [2.05, 4.69) is 11.5 Å². The van der Waals surface area contributed by atoms with Crippen LogP contribution < -0.4 is 4.74 Å². The molecule has 222 valence electrons. The second kappa shape index (κ2) is 9.90. The number of benzene rings is 2. The smallest absolute Gasteiger partial charge is 0.416 e. The molecule has 0 aromatic heterocycles. The summed E-state index contributed by atoms with van der Waals surface area (Å²) in [6, 6.07) is 7.72. The Hall–Kier alpha value is -3.79. The Morgan fingerprint density at radius 3 is 2.76 bits per heavy atom. The Morgan fingerprint density at radius 1 is 1.26 bits per heavy atom. The van der Waals surface area contributed by atoms with Gasteiger partial charge in [0.05, 0.1) is 23.1 Å². The van der Waals surface area contributed by atoms with Crippen LogP contribution in [-0.2, 0) is 32.3 Å². The van der Waals surface area contributed by atoms with Crippen molar-refractivity contribution in [1.29, 1.82) is 0 Å². The Kier molecular flexibility index (Phi) is 6.68. The van der Waals surface area contributed by atoms with Crippen molar-refractivity contribution < 1.29 is 37.3 Å². The number of alkyl halides is 3. The molecule has 7 nitrogen and oxygen atoms in total. The van der Waals surface area contributed by atoms with E-state index in [-0.39, 0.29) is 17.4 Å². The minimum absolute atomic E-state index is 0.00149. The summed E-state index contributed by atoms with van der Waals surface area (Å²) >= 11 is 0. The predicted molar refractivity (Wildman–Crippen MR) is 149 cm³/mol. The monoisotopic (exact) mass is 582 g/mol. The average molecular weight is 583 g/mol. The molecule has 4 aliphatic rings. The fourth-order valence-electron chi connectivity index (χ4n) is 8.09. The number of piperidine rings is 1. The van der Waals surface area contributed by atoms with E-state index in [9.17, 15) is 27.9 Å². The summed E-state index contributed by atoms with van der Waals surface area (Å²) in [7, 11) is 1.65. The number of nitrogens with zero attached hydrogens (tertiary/aromatic N) is 2. The topological polar surface area (TPSA) is 79.3 Å². The lowest BCUT2D eigenvalue weighted by Crippen LogP contribution is -2.79. The van der Waals surface area contributed by atoms with Crippen LogP contribution in [0, 0.1) is 0 Å². The number of likely N-dealkylation sites (N-methyl/N-ethyl adjacent to an activating group) is 1. The summed E-state index contributed by atoms with van der Waals surface area (Å²) in [6.07, 6.45) is 1.50. The van der Waals surface area contributed by atoms with Gasteiger partial charge in [-0.1, -0.05) is 24.3 Å². The third kappa shape index (κ3) is 4.06. The Labute approximate surface area is 242 Å². The number of carbonyl (C=O) groups is 2. The maximum absolute atomic E-state index is 13.5. The Balaban J connectivity index is 1.39. The van der Waals surface area contributed by atoms with Crippen molar-refractivity contribution in [2.75, 3.05) is 20.1 Å². The van der Waals surface area contributed by atoms with E-state index in [1.807, 2.05) is 12.1 Å². The van der Waals surface area contributed by atoms with Gasteiger partial charge >= 0.3 is 12.1 Å². The molecule has 10 heteroatoms. The van der Waals surface area contributed by atoms with Crippen LogP contribution in [0.5, 0.6) is 11.5 Å². The predicted octanol–water partition coefficient (Wildman–Crippen LogP) is 4.86. The van der Waals surface area contributed by atoms with Gasteiger partial charge in [-0.3, -0.25) is 14.5 Å². The SMILES string of the molecule is C=CCN1CC[C@]23c4c5ccc(O)c4OC2C(N(C)C(=O)/C=C/c2cccc(C(F)(F)F)c2)CC[C@@]3(OC(C)=O)[C@H]1C5. The third-order valence-electron chi connectivity index (χ3n) is 9.67. The van der Waals surface area contributed by atoms with Crippen LogP contribution in [0.2, 0.25) is 0 Å². The molecule has 2 aromatic rings. The Bertz CT molecular complexity index is 1490. The van der Waals surface area contributed by atoms with Gasteiger partial charge in [0.15, 0.2) is 11.5 Å². The van der Waals surface area contributed by atoms with Gasteiger partial charge in [-0.15, -0.1) is 6.58 Å². The molecule has 2 bridgehead atoms. The molecule has 2 aliphatic heterocycles. The number of phenols is 1. The lowest BCUT2D eigenvalue weighted by atomic mass is 9.48. The standard InChI is InChI=1S/C32H33F3N2O5/c1-4-15-37-16-14-30-27-21-9-10-24(39)28(27)41-29(30)23(12-13-31(30,25(37)18-21)42-19(2)38)36(3)26(40)11-8-20-6-5-7-22(17-20)32(33,34)35/h4-11,17,23,25,29,39H,1,12-16,18H2,2-3H3/b11-8+/t23?,25-,29?,30+,31-/m1/s1. The summed E-state index contributed by atoms with van der Waals surface area (Å²) in [5, 5.41) is 10.9. The van der Waals surface area contributed by atoms with Gasteiger partial charge in [0.2, 0.25) is 5.91 Å². The van der Waals surface area contributed by atoms with Crippen molar-refractivity contribution in [2.45, 2.75) is 68.0 Å². The average Bonchev–Trinajstić information content (AvgIpc) is 3.29. The summed E-state index contributed by atoms with van der Waals surface area (Å²) in [4.78, 5) is 30.0. The number of carbonyl (C=O) groups excluding carboxylic acids is 2. The van der Waals surface area contributed by atoms with Crippen LogP contribution in [0.25, 0.3) is 6.08 Å². The number of amides is 1. The van der Waals surface area contributed by atoms with Gasteiger partial charge in [-0.2, -0.15) is 13.2 Å². The van der Waals surface area contributed by atoms with Crippen molar-refractivity contribution in [3.63, 3.8) is 0 Å². The first kappa shape index (κ1) is 28.3. The van der Waals surface area contributed by atoms with Crippen LogP contribution in [0.1, 0.15) is 48.4 Å². The molecule has 2 heterocycles. The van der Waals surface area contributed by atoms with Crippen molar-refractivity contribution >= 4 is 18.0 Å². The van der Waals surface area contributed by atoms with Crippen LogP contribution in [0.3, 0.4) is 0 Å². The molecular weight excluding hydrogens is 549 g/mol. The summed E-state index contributed by atoms with van der Waals surface area (Å²) in [5.74, 6) is -0.424. The highest BCUT2D eigenvalue weighted by Gasteiger charge is 2.75. The second-order valence-electron chi connectivity index (χ2n) is 11.7. The highest BCUT2D eigenvalue weighted by Crippen LogP contribution is 2.67. The number of halogens is 3. The van der Waals surface area contributed by atoms with Gasteiger partial charge in [0.1, 0.15) is 11.7 Å². The van der Waals surface area contributed by atoms with Gasteiger partial charge in [-0.05, 0) is 61.1 Å². The van der Waals surface area contributed by atoms with E-state index < -0.39 is 46.8 Å². The molecule has 1 saturated carbocycles. The maximum atomic E-state index is 13.5. The van der Waals surface area contributed by atoms with Gasteiger partial charge in [-0.25, -0.2) is 0 Å². The highest BCUT2D eigenvalue weighted by molar-refractivity contribution is 5.92. The minimum Gasteiger partial charge on any atom is -0.504 e. The molecule has 2 aliphatic carbocycles. The fraction of sp³-hybridized carbons (Fsp3) is 0.438. The first-order chi connectivity index (χ1) is 19.9. The number of hydrogen-bond acceptors (Lipinski definition) is 6. The number of esters is 1. The number of ether oxygens (including phenoxy) is 2. The third-order valence-corrected chi connectivity index (χ3v) is 9.67. The number of aromatic hydroxyl groups is 1. The zero-order valence-corrected chi connectivity index (χ0v) is 23.5. The van der Waals surface area contributed by atoms with Crippen molar-refractivity contribution in [2.24, 2.45) is 0 Å². The van der Waals surface area contributed by atoms with Crippen LogP contribution in [0.4, 0.5) is 13.2 Å². The second-order valence-corrected chi connectivity index (χ2v) is 11.7. The molecule has 1 saturated heterocycles. The summed E-state index contributed by atoms with van der Waals surface area (Å²) < 4.78 is 52.5. The van der Waals surface area contributed by atoms with Gasteiger partial charge < -0.3 is 19.5 Å². The first-order valence-electron chi connectivity index (χ1n) is 14.1. The normalized spacial score (nSPS) is 29.5. The van der Waals surface area contributed by atoms with E-state index in [1.54, 1.807) is 18.0 Å². The van der Waals surface area contributed by atoms with Crippen molar-refractivity contribution in [3.8, 4) is 11.5 Å². The number of rotatable bonds is 6.